The molecule has 2 aliphatic heterocycles. The van der Waals surface area contributed by atoms with Gasteiger partial charge in [-0.15, -0.1) is 0 Å². The van der Waals surface area contributed by atoms with Crippen LogP contribution in [0, 0.1) is 0 Å². The normalized spacial score (nSPS) is 22.6. The number of hydrogen-bond acceptors (Lipinski definition) is 5. The number of hydrogen-bond donors (Lipinski definition) is 1. The van der Waals surface area contributed by atoms with Crippen LogP contribution in [0.5, 0.6) is 0 Å². The maximum absolute atomic E-state index is 12.5. The van der Waals surface area contributed by atoms with Crippen molar-refractivity contribution in [2.75, 3.05) is 59.7 Å². The first-order valence-electron chi connectivity index (χ1n) is 7.59. The first-order chi connectivity index (χ1) is 10.2. The maximum Gasteiger partial charge on any atom is 0.249 e. The first kappa shape index (κ1) is 16.2. The summed E-state index contributed by atoms with van der Waals surface area (Å²) < 4.78 is 10.1. The number of nitrogens with one attached hydrogen (secondary N) is 1. The van der Waals surface area contributed by atoms with Gasteiger partial charge in [-0.25, -0.2) is 0 Å². The zero-order valence-electron chi connectivity index (χ0n) is 12.7. The van der Waals surface area contributed by atoms with Crippen molar-refractivity contribution in [1.82, 2.24) is 15.1 Å². The molecule has 1 atom stereocenters. The number of piperazine rings is 1. The molecule has 7 heteroatoms. The minimum Gasteiger partial charge on any atom is -0.382 e. The SMILES string of the molecule is COCCOCC(=O)N1CCCC1C(=O)N1CCNCC1. The quantitative estimate of drug-likeness (QED) is 0.642. The van der Waals surface area contributed by atoms with E-state index in [1.807, 2.05) is 4.90 Å². The van der Waals surface area contributed by atoms with Crippen LogP contribution in [0.25, 0.3) is 0 Å². The average molecular weight is 299 g/mol. The molecule has 2 amide bonds. The zero-order chi connectivity index (χ0) is 15.1. The number of carbonyl (C=O) groups excluding carboxylic acids is 2. The third-order valence-corrected chi connectivity index (χ3v) is 3.94. The van der Waals surface area contributed by atoms with Crippen LogP contribution in [-0.4, -0.2) is 87.3 Å². The van der Waals surface area contributed by atoms with Crippen LogP contribution >= 0.6 is 0 Å². The maximum atomic E-state index is 12.5. The van der Waals surface area contributed by atoms with E-state index < -0.39 is 0 Å². The molecule has 0 spiro atoms. The number of methoxy groups -OCH3 is 1. The van der Waals surface area contributed by atoms with E-state index in [1.54, 1.807) is 12.0 Å². The van der Waals surface area contributed by atoms with Gasteiger partial charge in [-0.05, 0) is 12.8 Å². The lowest BCUT2D eigenvalue weighted by molar-refractivity contribution is -0.146. The van der Waals surface area contributed by atoms with Crippen LogP contribution < -0.4 is 5.32 Å². The largest absolute Gasteiger partial charge is 0.382 e. The second kappa shape index (κ2) is 8.31. The summed E-state index contributed by atoms with van der Waals surface area (Å²) in [5, 5.41) is 3.23. The molecular weight excluding hydrogens is 274 g/mol. The Morgan fingerprint density at radius 1 is 1.19 bits per heavy atom. The van der Waals surface area contributed by atoms with E-state index in [9.17, 15) is 9.59 Å². The smallest absolute Gasteiger partial charge is 0.249 e. The molecule has 0 aromatic rings. The summed E-state index contributed by atoms with van der Waals surface area (Å²) in [6, 6.07) is -0.304. The van der Waals surface area contributed by atoms with Gasteiger partial charge >= 0.3 is 0 Å². The number of carbonyl (C=O) groups is 2. The van der Waals surface area contributed by atoms with Crippen LogP contribution in [0.2, 0.25) is 0 Å². The average Bonchev–Trinajstić information content (AvgIpc) is 3.01. The van der Waals surface area contributed by atoms with E-state index in [0.717, 1.165) is 39.0 Å². The van der Waals surface area contributed by atoms with Crippen molar-refractivity contribution in [3.63, 3.8) is 0 Å². The van der Waals surface area contributed by atoms with E-state index in [-0.39, 0.29) is 24.5 Å². The Kier molecular flexibility index (Phi) is 6.41. The van der Waals surface area contributed by atoms with Crippen molar-refractivity contribution in [3.8, 4) is 0 Å². The molecule has 0 aliphatic carbocycles. The van der Waals surface area contributed by atoms with Gasteiger partial charge in [0, 0.05) is 39.8 Å². The Balaban J connectivity index is 1.83. The van der Waals surface area contributed by atoms with Gasteiger partial charge in [-0.3, -0.25) is 9.59 Å². The van der Waals surface area contributed by atoms with E-state index in [4.69, 9.17) is 9.47 Å². The van der Waals surface area contributed by atoms with Crippen LogP contribution in [0.15, 0.2) is 0 Å². The van der Waals surface area contributed by atoms with Gasteiger partial charge < -0.3 is 24.6 Å². The third kappa shape index (κ3) is 4.39. The summed E-state index contributed by atoms with van der Waals surface area (Å²) in [6.45, 7) is 4.63. The topological polar surface area (TPSA) is 71.1 Å². The van der Waals surface area contributed by atoms with Gasteiger partial charge in [0.25, 0.3) is 0 Å². The van der Waals surface area contributed by atoms with Crippen molar-refractivity contribution < 1.29 is 19.1 Å². The Labute approximate surface area is 125 Å². The third-order valence-electron chi connectivity index (χ3n) is 3.94. The van der Waals surface area contributed by atoms with Crippen LogP contribution in [0.3, 0.4) is 0 Å². The van der Waals surface area contributed by atoms with Gasteiger partial charge in [0.2, 0.25) is 11.8 Å². The summed E-state index contributed by atoms with van der Waals surface area (Å²) in [5.41, 5.74) is 0. The molecule has 1 N–H and O–H groups in total. The molecule has 0 bridgehead atoms. The Morgan fingerprint density at radius 2 is 1.95 bits per heavy atom. The monoisotopic (exact) mass is 299 g/mol. The van der Waals surface area contributed by atoms with E-state index in [0.29, 0.717) is 19.8 Å². The lowest BCUT2D eigenvalue weighted by Gasteiger charge is -2.32. The molecular formula is C14H25N3O4. The first-order valence-corrected chi connectivity index (χ1v) is 7.59. The highest BCUT2D eigenvalue weighted by molar-refractivity contribution is 5.88. The minimum atomic E-state index is -0.304. The summed E-state index contributed by atoms with van der Waals surface area (Å²) in [4.78, 5) is 28.3. The Morgan fingerprint density at radius 3 is 2.67 bits per heavy atom. The standard InChI is InChI=1S/C14H25N3O4/c1-20-9-10-21-11-13(18)17-6-2-3-12(17)14(19)16-7-4-15-5-8-16/h12,15H,2-11H2,1H3. The number of likely N-dealkylation sites (tertiary alicyclic amines) is 1. The molecule has 0 radical (unpaired) electrons. The van der Waals surface area contributed by atoms with Gasteiger partial charge in [-0.2, -0.15) is 0 Å². The minimum absolute atomic E-state index is 0.0225. The molecule has 2 saturated heterocycles. The highest BCUT2D eigenvalue weighted by Crippen LogP contribution is 2.20. The van der Waals surface area contributed by atoms with Crippen LogP contribution in [0.4, 0.5) is 0 Å². The molecule has 0 aromatic carbocycles. The number of ether oxygens (including phenoxy) is 2. The van der Waals surface area contributed by atoms with Crippen molar-refractivity contribution >= 4 is 11.8 Å². The summed E-state index contributed by atoms with van der Waals surface area (Å²) in [7, 11) is 1.59. The highest BCUT2D eigenvalue weighted by Gasteiger charge is 2.36. The van der Waals surface area contributed by atoms with Gasteiger partial charge in [0.1, 0.15) is 12.6 Å². The number of rotatable bonds is 6. The fourth-order valence-corrected chi connectivity index (χ4v) is 2.80. The second-order valence-corrected chi connectivity index (χ2v) is 5.37. The summed E-state index contributed by atoms with van der Waals surface area (Å²) in [5.74, 6) is -0.0173. The summed E-state index contributed by atoms with van der Waals surface area (Å²) in [6.07, 6.45) is 1.64. The lowest BCUT2D eigenvalue weighted by Crippen LogP contribution is -2.53. The predicted molar refractivity (Wildman–Crippen MR) is 76.9 cm³/mol. The van der Waals surface area contributed by atoms with Gasteiger partial charge in [0.15, 0.2) is 0 Å². The van der Waals surface area contributed by atoms with E-state index in [2.05, 4.69) is 5.32 Å². The molecule has 0 saturated carbocycles. The molecule has 2 rings (SSSR count). The highest BCUT2D eigenvalue weighted by atomic mass is 16.5. The van der Waals surface area contributed by atoms with E-state index >= 15 is 0 Å². The Hall–Kier alpha value is -1.18. The molecule has 1 unspecified atom stereocenters. The number of amides is 2. The molecule has 120 valence electrons. The molecule has 0 aromatic heterocycles. The van der Waals surface area contributed by atoms with Crippen molar-refractivity contribution in [1.29, 1.82) is 0 Å². The molecule has 7 nitrogen and oxygen atoms in total. The fourth-order valence-electron chi connectivity index (χ4n) is 2.80. The predicted octanol–water partition coefficient (Wildman–Crippen LogP) is -0.928. The summed E-state index contributed by atoms with van der Waals surface area (Å²) >= 11 is 0. The molecule has 2 fully saturated rings. The van der Waals surface area contributed by atoms with Crippen molar-refractivity contribution in [2.24, 2.45) is 0 Å². The van der Waals surface area contributed by atoms with Crippen LogP contribution in [0.1, 0.15) is 12.8 Å². The van der Waals surface area contributed by atoms with E-state index in [1.165, 1.54) is 0 Å². The lowest BCUT2D eigenvalue weighted by atomic mass is 10.1. The molecule has 2 aliphatic rings. The zero-order valence-corrected chi connectivity index (χ0v) is 12.7. The second-order valence-electron chi connectivity index (χ2n) is 5.37. The van der Waals surface area contributed by atoms with Crippen molar-refractivity contribution in [3.05, 3.63) is 0 Å². The van der Waals surface area contributed by atoms with Gasteiger partial charge in [0.05, 0.1) is 13.2 Å². The van der Waals surface area contributed by atoms with Crippen molar-refractivity contribution in [2.45, 2.75) is 18.9 Å². The van der Waals surface area contributed by atoms with Crippen LogP contribution in [-0.2, 0) is 19.1 Å². The Bertz CT molecular complexity index is 358. The fraction of sp³-hybridized carbons (Fsp3) is 0.857. The number of nitrogens with zero attached hydrogens (tertiary/aromatic N) is 2. The molecule has 21 heavy (non-hydrogen) atoms. The van der Waals surface area contributed by atoms with Gasteiger partial charge in [-0.1, -0.05) is 0 Å². The molecule has 2 heterocycles.